The highest BCUT2D eigenvalue weighted by Gasteiger charge is 2.26. The minimum Gasteiger partial charge on any atom is -0.494 e. The van der Waals surface area contributed by atoms with E-state index in [4.69, 9.17) is 15.2 Å². The van der Waals surface area contributed by atoms with Crippen molar-refractivity contribution in [3.05, 3.63) is 90.2 Å². The summed E-state index contributed by atoms with van der Waals surface area (Å²) in [4.78, 5) is 19.3. The summed E-state index contributed by atoms with van der Waals surface area (Å²) in [6, 6.07) is 15.8. The zero-order valence-corrected chi connectivity index (χ0v) is 27.2. The summed E-state index contributed by atoms with van der Waals surface area (Å²) in [5, 5.41) is 5.43. The van der Waals surface area contributed by atoms with Gasteiger partial charge in [-0.2, -0.15) is 0 Å². The maximum absolute atomic E-state index is 15.7. The monoisotopic (exact) mass is 682 g/mol. The fourth-order valence-corrected chi connectivity index (χ4v) is 5.73. The molecule has 0 aliphatic heterocycles. The van der Waals surface area contributed by atoms with Crippen LogP contribution in [-0.4, -0.2) is 51.8 Å². The Hall–Kier alpha value is -5.41. The van der Waals surface area contributed by atoms with Crippen molar-refractivity contribution >= 4 is 44.1 Å². The summed E-state index contributed by atoms with van der Waals surface area (Å²) < 4.78 is 81.9. The third-order valence-electron chi connectivity index (χ3n) is 6.79. The first-order valence-corrected chi connectivity index (χ1v) is 16.0. The average Bonchev–Trinajstić information content (AvgIpc) is 3.06. The van der Waals surface area contributed by atoms with Gasteiger partial charge in [0.2, 0.25) is 0 Å². The van der Waals surface area contributed by atoms with Crippen LogP contribution < -0.4 is 25.8 Å². The number of fused-ring (bicyclic) bond motifs is 1. The van der Waals surface area contributed by atoms with Gasteiger partial charge in [0.1, 0.15) is 28.7 Å². The molecule has 2 amide bonds. The smallest absolute Gasteiger partial charge is 0.318 e. The standard InChI is InChI=1S/C29H23F3N6O4S.C4H10O/c1-34-29(39)35-17-11-9-15(10-12-17)28-36-25-19(27(33)37-28)13-16(14-23(25)42-2)18-5-3-8-22(24(18)32)38-43(40,41)26-20(30)6-4-7-21(26)31;1-3-5-4-2/h3-14,38H,1-2H3,(H2,33,36,37)(H2,34,35,39);3-4H2,1-2H3. The van der Waals surface area contributed by atoms with Crippen molar-refractivity contribution < 1.29 is 35.9 Å². The number of rotatable bonds is 9. The third-order valence-corrected chi connectivity index (χ3v) is 8.21. The molecule has 5 aromatic rings. The van der Waals surface area contributed by atoms with E-state index >= 15 is 4.39 Å². The summed E-state index contributed by atoms with van der Waals surface area (Å²) in [7, 11) is -1.93. The van der Waals surface area contributed by atoms with E-state index in [2.05, 4.69) is 20.6 Å². The minimum absolute atomic E-state index is 0.0556. The van der Waals surface area contributed by atoms with Crippen LogP contribution in [-0.2, 0) is 14.8 Å². The van der Waals surface area contributed by atoms with Crippen LogP contribution in [0.1, 0.15) is 13.8 Å². The zero-order chi connectivity index (χ0) is 35.0. The van der Waals surface area contributed by atoms with Crippen LogP contribution in [0.15, 0.2) is 77.7 Å². The first-order valence-electron chi connectivity index (χ1n) is 14.5. The van der Waals surface area contributed by atoms with Gasteiger partial charge in [0.05, 0.1) is 12.8 Å². The van der Waals surface area contributed by atoms with Crippen LogP contribution in [0, 0.1) is 17.5 Å². The number of halogens is 3. The zero-order valence-electron chi connectivity index (χ0n) is 26.4. The number of benzene rings is 4. The molecule has 5 rings (SSSR count). The molecule has 0 aliphatic rings. The van der Waals surface area contributed by atoms with Gasteiger partial charge >= 0.3 is 6.03 Å². The predicted octanol–water partition coefficient (Wildman–Crippen LogP) is 6.57. The number of hydrogen-bond donors (Lipinski definition) is 4. The molecule has 15 heteroatoms. The van der Waals surface area contributed by atoms with Gasteiger partial charge in [-0.05, 0) is 74.0 Å². The number of carbonyl (C=O) groups excluding carboxylic acids is 1. The Kier molecular flexibility index (Phi) is 11.4. The van der Waals surface area contributed by atoms with Crippen molar-refractivity contribution in [2.45, 2.75) is 18.7 Å². The van der Waals surface area contributed by atoms with Gasteiger partial charge in [0, 0.05) is 42.5 Å². The number of sulfonamides is 1. The normalized spacial score (nSPS) is 11.0. The van der Waals surface area contributed by atoms with E-state index in [1.54, 1.807) is 24.3 Å². The first kappa shape index (κ1) is 35.4. The Morgan fingerprint density at radius 3 is 2.12 bits per heavy atom. The van der Waals surface area contributed by atoms with E-state index in [0.29, 0.717) is 22.2 Å². The predicted molar refractivity (Wildman–Crippen MR) is 179 cm³/mol. The number of ether oxygens (including phenoxy) is 2. The number of hydrogen-bond acceptors (Lipinski definition) is 8. The maximum atomic E-state index is 15.7. The molecule has 0 bridgehead atoms. The van der Waals surface area contributed by atoms with E-state index in [1.165, 1.54) is 38.4 Å². The molecule has 0 unspecified atom stereocenters. The fraction of sp³-hybridized carbons (Fsp3) is 0.182. The molecule has 0 fully saturated rings. The Balaban J connectivity index is 0.000000968. The lowest BCUT2D eigenvalue weighted by Gasteiger charge is -2.15. The van der Waals surface area contributed by atoms with Crippen LogP contribution >= 0.6 is 0 Å². The third kappa shape index (κ3) is 7.93. The molecule has 0 saturated carbocycles. The average molecular weight is 683 g/mol. The number of nitrogens with two attached hydrogens (primary N) is 1. The van der Waals surface area contributed by atoms with E-state index < -0.39 is 38.1 Å². The van der Waals surface area contributed by atoms with Gasteiger partial charge in [-0.3, -0.25) is 4.72 Å². The second-order valence-corrected chi connectivity index (χ2v) is 11.5. The van der Waals surface area contributed by atoms with Gasteiger partial charge in [0.15, 0.2) is 16.5 Å². The largest absolute Gasteiger partial charge is 0.494 e. The topological polar surface area (TPSA) is 158 Å². The first-order chi connectivity index (χ1) is 22.9. The maximum Gasteiger partial charge on any atom is 0.318 e. The minimum atomic E-state index is -4.82. The lowest BCUT2D eigenvalue weighted by Crippen LogP contribution is -2.24. The van der Waals surface area contributed by atoms with Crippen LogP contribution in [0.4, 0.5) is 35.2 Å². The Bertz CT molecular complexity index is 2020. The van der Waals surface area contributed by atoms with E-state index in [1.807, 2.05) is 18.6 Å². The van der Waals surface area contributed by atoms with Crippen molar-refractivity contribution in [1.82, 2.24) is 15.3 Å². The second-order valence-electron chi connectivity index (χ2n) is 9.89. The molecular formula is C33H33F3N6O5S. The summed E-state index contributed by atoms with van der Waals surface area (Å²) in [5.41, 5.74) is 7.42. The number of methoxy groups -OCH3 is 1. The highest BCUT2D eigenvalue weighted by atomic mass is 32.2. The quantitative estimate of drug-likeness (QED) is 0.136. The number of amides is 2. The molecule has 0 spiro atoms. The Morgan fingerprint density at radius 2 is 1.54 bits per heavy atom. The lowest BCUT2D eigenvalue weighted by atomic mass is 10.0. The second kappa shape index (κ2) is 15.5. The highest BCUT2D eigenvalue weighted by Crippen LogP contribution is 2.37. The van der Waals surface area contributed by atoms with Crippen molar-refractivity contribution in [3.63, 3.8) is 0 Å². The highest BCUT2D eigenvalue weighted by molar-refractivity contribution is 7.92. The van der Waals surface area contributed by atoms with Crippen molar-refractivity contribution in [2.75, 3.05) is 43.1 Å². The van der Waals surface area contributed by atoms with Gasteiger partial charge in [-0.25, -0.2) is 36.4 Å². The van der Waals surface area contributed by atoms with Crippen molar-refractivity contribution in [2.24, 2.45) is 0 Å². The molecule has 1 aromatic heterocycles. The van der Waals surface area contributed by atoms with Crippen LogP contribution in [0.25, 0.3) is 33.4 Å². The lowest BCUT2D eigenvalue weighted by molar-refractivity contribution is 0.162. The molecular weight excluding hydrogens is 649 g/mol. The molecule has 1 heterocycles. The summed E-state index contributed by atoms with van der Waals surface area (Å²) in [6.07, 6.45) is 0. The molecule has 5 N–H and O–H groups in total. The molecule has 0 saturated heterocycles. The number of aromatic nitrogens is 2. The van der Waals surface area contributed by atoms with E-state index in [0.717, 1.165) is 37.5 Å². The molecule has 0 radical (unpaired) electrons. The number of nitrogens with one attached hydrogen (secondary N) is 3. The van der Waals surface area contributed by atoms with Gasteiger partial charge in [-0.15, -0.1) is 0 Å². The molecule has 252 valence electrons. The van der Waals surface area contributed by atoms with Gasteiger partial charge in [0.25, 0.3) is 10.0 Å². The number of urea groups is 1. The van der Waals surface area contributed by atoms with E-state index in [-0.39, 0.29) is 34.5 Å². The van der Waals surface area contributed by atoms with Crippen molar-refractivity contribution in [3.8, 4) is 28.3 Å². The molecule has 48 heavy (non-hydrogen) atoms. The number of carbonyl (C=O) groups is 1. The van der Waals surface area contributed by atoms with Crippen LogP contribution in [0.5, 0.6) is 5.75 Å². The molecule has 0 atom stereocenters. The Morgan fingerprint density at radius 1 is 0.896 bits per heavy atom. The SMILES string of the molecule is CCOCC.CNC(=O)Nc1ccc(-c2nc(N)c3cc(-c4cccc(NS(=O)(=O)c5c(F)cccc5F)c4F)cc(OC)c3n2)cc1. The number of anilines is 3. The molecule has 0 aliphatic carbocycles. The van der Waals surface area contributed by atoms with Crippen molar-refractivity contribution in [1.29, 1.82) is 0 Å². The van der Waals surface area contributed by atoms with Crippen LogP contribution in [0.3, 0.4) is 0 Å². The Labute approximate surface area is 275 Å². The summed E-state index contributed by atoms with van der Waals surface area (Å²) in [5.74, 6) is -3.11. The van der Waals surface area contributed by atoms with E-state index in [9.17, 15) is 22.0 Å². The number of nitrogens with zero attached hydrogens (tertiary/aromatic N) is 2. The molecule has 11 nitrogen and oxygen atoms in total. The van der Waals surface area contributed by atoms with Gasteiger partial charge < -0.3 is 25.8 Å². The van der Waals surface area contributed by atoms with Gasteiger partial charge in [-0.1, -0.05) is 18.2 Å². The van der Waals surface area contributed by atoms with Crippen LogP contribution in [0.2, 0.25) is 0 Å². The summed E-state index contributed by atoms with van der Waals surface area (Å²) >= 11 is 0. The number of nitrogen functional groups attached to an aromatic ring is 1. The molecule has 4 aromatic carbocycles. The fourth-order valence-electron chi connectivity index (χ4n) is 4.53. The summed E-state index contributed by atoms with van der Waals surface area (Å²) in [6.45, 7) is 5.67.